The minimum Gasteiger partial charge on any atom is -0.497 e. The Balaban J connectivity index is 2.06. The van der Waals surface area contributed by atoms with E-state index in [4.69, 9.17) is 9.84 Å². The van der Waals surface area contributed by atoms with Crippen molar-refractivity contribution in [2.24, 2.45) is 5.92 Å². The van der Waals surface area contributed by atoms with E-state index >= 15 is 0 Å². The fourth-order valence-corrected chi connectivity index (χ4v) is 2.48. The molecular weight excluding hydrogens is 288 g/mol. The van der Waals surface area contributed by atoms with E-state index in [0.717, 1.165) is 4.90 Å². The van der Waals surface area contributed by atoms with E-state index in [1.165, 1.54) is 11.9 Å². The summed E-state index contributed by atoms with van der Waals surface area (Å²) in [5.74, 6) is -1.38. The van der Waals surface area contributed by atoms with E-state index in [1.807, 2.05) is 0 Å². The van der Waals surface area contributed by atoms with Crippen molar-refractivity contribution < 1.29 is 24.2 Å². The van der Waals surface area contributed by atoms with Gasteiger partial charge in [-0.3, -0.25) is 14.4 Å². The molecule has 1 aliphatic heterocycles. The monoisotopic (exact) mass is 306 g/mol. The summed E-state index contributed by atoms with van der Waals surface area (Å²) in [6.07, 6.45) is 0.0921. The molecule has 118 valence electrons. The second-order valence-electron chi connectivity index (χ2n) is 5.19. The molecule has 1 unspecified atom stereocenters. The van der Waals surface area contributed by atoms with E-state index in [2.05, 4.69) is 0 Å². The normalized spacial score (nSPS) is 17.5. The van der Waals surface area contributed by atoms with Crippen LogP contribution in [0.2, 0.25) is 0 Å². The highest BCUT2D eigenvalue weighted by atomic mass is 16.5. The lowest BCUT2D eigenvalue weighted by Crippen LogP contribution is -2.37. The zero-order valence-electron chi connectivity index (χ0n) is 12.5. The van der Waals surface area contributed by atoms with E-state index in [0.29, 0.717) is 11.4 Å². The highest BCUT2D eigenvalue weighted by Crippen LogP contribution is 2.27. The summed E-state index contributed by atoms with van der Waals surface area (Å²) in [6, 6.07) is 7.00. The van der Waals surface area contributed by atoms with Crippen LogP contribution in [0.4, 0.5) is 5.69 Å². The van der Waals surface area contributed by atoms with Gasteiger partial charge in [-0.15, -0.1) is 0 Å². The molecule has 0 aliphatic carbocycles. The standard InChI is InChI=1S/C15H18N2O5/c1-16(9-14(19)20)15(21)10-7-13(18)17(8-10)11-3-5-12(22-2)6-4-11/h3-6,10H,7-9H2,1-2H3,(H,19,20). The molecule has 2 rings (SSSR count). The molecule has 1 aromatic carbocycles. The van der Waals surface area contributed by atoms with E-state index in [9.17, 15) is 14.4 Å². The van der Waals surface area contributed by atoms with E-state index in [-0.39, 0.29) is 31.3 Å². The number of nitrogens with zero attached hydrogens (tertiary/aromatic N) is 2. The highest BCUT2D eigenvalue weighted by Gasteiger charge is 2.36. The predicted molar refractivity (Wildman–Crippen MR) is 78.7 cm³/mol. The van der Waals surface area contributed by atoms with Crippen molar-refractivity contribution in [2.75, 3.05) is 32.1 Å². The Kier molecular flexibility index (Phi) is 4.65. The summed E-state index contributed by atoms with van der Waals surface area (Å²) < 4.78 is 5.07. The van der Waals surface area contributed by atoms with Crippen molar-refractivity contribution in [2.45, 2.75) is 6.42 Å². The first-order valence-electron chi connectivity index (χ1n) is 6.83. The van der Waals surface area contributed by atoms with Gasteiger partial charge in [-0.2, -0.15) is 0 Å². The summed E-state index contributed by atoms with van der Waals surface area (Å²) in [6.45, 7) is -0.111. The van der Waals surface area contributed by atoms with Crippen molar-refractivity contribution in [3.63, 3.8) is 0 Å². The Bertz CT molecular complexity index is 584. The third-order valence-corrected chi connectivity index (χ3v) is 3.61. The molecule has 1 heterocycles. The molecule has 22 heavy (non-hydrogen) atoms. The molecule has 1 saturated heterocycles. The molecule has 0 radical (unpaired) electrons. The minimum atomic E-state index is -1.08. The minimum absolute atomic E-state index is 0.0921. The van der Waals surface area contributed by atoms with Crippen molar-refractivity contribution in [3.05, 3.63) is 24.3 Å². The number of benzene rings is 1. The van der Waals surface area contributed by atoms with Gasteiger partial charge in [0, 0.05) is 25.7 Å². The summed E-state index contributed by atoms with van der Waals surface area (Å²) in [7, 11) is 2.99. The molecule has 0 saturated carbocycles. The lowest BCUT2D eigenvalue weighted by Gasteiger charge is -2.20. The molecular formula is C15H18N2O5. The number of hydrogen-bond donors (Lipinski definition) is 1. The van der Waals surface area contributed by atoms with Gasteiger partial charge >= 0.3 is 5.97 Å². The zero-order valence-corrected chi connectivity index (χ0v) is 12.5. The Hall–Kier alpha value is -2.57. The van der Waals surface area contributed by atoms with Crippen molar-refractivity contribution >= 4 is 23.5 Å². The number of rotatable bonds is 5. The summed E-state index contributed by atoms with van der Waals surface area (Å²) in [4.78, 5) is 37.6. The number of carboxylic acids is 1. The van der Waals surface area contributed by atoms with Crippen LogP contribution in [-0.4, -0.2) is 55.0 Å². The van der Waals surface area contributed by atoms with Gasteiger partial charge in [-0.25, -0.2) is 0 Å². The van der Waals surface area contributed by atoms with Gasteiger partial charge in [-0.05, 0) is 24.3 Å². The van der Waals surface area contributed by atoms with Gasteiger partial charge in [0.1, 0.15) is 12.3 Å². The molecule has 1 atom stereocenters. The maximum atomic E-state index is 12.2. The molecule has 1 N–H and O–H groups in total. The van der Waals surface area contributed by atoms with Crippen LogP contribution in [0.3, 0.4) is 0 Å². The van der Waals surface area contributed by atoms with Gasteiger partial charge in [0.25, 0.3) is 0 Å². The van der Waals surface area contributed by atoms with Crippen LogP contribution in [0.1, 0.15) is 6.42 Å². The zero-order chi connectivity index (χ0) is 16.3. The van der Waals surface area contributed by atoms with Crippen LogP contribution in [0, 0.1) is 5.92 Å². The first kappa shape index (κ1) is 15.8. The van der Waals surface area contributed by atoms with E-state index in [1.54, 1.807) is 31.4 Å². The topological polar surface area (TPSA) is 87.2 Å². The lowest BCUT2D eigenvalue weighted by molar-refractivity contribution is -0.145. The van der Waals surface area contributed by atoms with Gasteiger partial charge in [0.05, 0.1) is 13.0 Å². The van der Waals surface area contributed by atoms with Crippen molar-refractivity contribution in [3.8, 4) is 5.75 Å². The summed E-state index contributed by atoms with van der Waals surface area (Å²) >= 11 is 0. The third kappa shape index (κ3) is 3.36. The summed E-state index contributed by atoms with van der Waals surface area (Å²) in [5.41, 5.74) is 0.696. The number of carboxylic acid groups (broad SMARTS) is 1. The number of aliphatic carboxylic acids is 1. The smallest absolute Gasteiger partial charge is 0.323 e. The number of likely N-dealkylation sites (N-methyl/N-ethyl adjacent to an activating group) is 1. The average molecular weight is 306 g/mol. The number of carbonyl (C=O) groups excluding carboxylic acids is 2. The first-order valence-corrected chi connectivity index (χ1v) is 6.83. The molecule has 0 spiro atoms. The molecule has 2 amide bonds. The van der Waals surface area contributed by atoms with Gasteiger partial charge in [0.15, 0.2) is 0 Å². The quantitative estimate of drug-likeness (QED) is 0.860. The number of anilines is 1. The molecule has 1 fully saturated rings. The Morgan fingerprint density at radius 1 is 1.36 bits per heavy atom. The Morgan fingerprint density at radius 3 is 2.55 bits per heavy atom. The maximum absolute atomic E-state index is 12.2. The van der Waals surface area contributed by atoms with Crippen LogP contribution in [0.15, 0.2) is 24.3 Å². The second kappa shape index (κ2) is 6.46. The van der Waals surface area contributed by atoms with Crippen molar-refractivity contribution in [1.29, 1.82) is 0 Å². The third-order valence-electron chi connectivity index (χ3n) is 3.61. The van der Waals surface area contributed by atoms with Crippen LogP contribution >= 0.6 is 0 Å². The Morgan fingerprint density at radius 2 is 2.00 bits per heavy atom. The lowest BCUT2D eigenvalue weighted by atomic mass is 10.1. The van der Waals surface area contributed by atoms with Crippen LogP contribution in [0.25, 0.3) is 0 Å². The van der Waals surface area contributed by atoms with Gasteiger partial charge in [-0.1, -0.05) is 0 Å². The number of hydrogen-bond acceptors (Lipinski definition) is 4. The number of amides is 2. The number of ether oxygens (including phenoxy) is 1. The fraction of sp³-hybridized carbons (Fsp3) is 0.400. The molecule has 0 bridgehead atoms. The molecule has 7 nitrogen and oxygen atoms in total. The number of carbonyl (C=O) groups is 3. The average Bonchev–Trinajstić information content (AvgIpc) is 2.87. The molecule has 1 aromatic rings. The maximum Gasteiger partial charge on any atom is 0.323 e. The fourth-order valence-electron chi connectivity index (χ4n) is 2.48. The van der Waals surface area contributed by atoms with Crippen LogP contribution in [-0.2, 0) is 14.4 Å². The second-order valence-corrected chi connectivity index (χ2v) is 5.19. The van der Waals surface area contributed by atoms with Crippen molar-refractivity contribution in [1.82, 2.24) is 4.90 Å². The SMILES string of the molecule is COc1ccc(N2CC(C(=O)N(C)CC(=O)O)CC2=O)cc1. The largest absolute Gasteiger partial charge is 0.497 e. The van der Waals surface area contributed by atoms with E-state index < -0.39 is 11.9 Å². The molecule has 1 aliphatic rings. The summed E-state index contributed by atoms with van der Waals surface area (Å²) in [5, 5.41) is 8.72. The van der Waals surface area contributed by atoms with Gasteiger partial charge < -0.3 is 19.6 Å². The van der Waals surface area contributed by atoms with Crippen LogP contribution in [0.5, 0.6) is 5.75 Å². The number of methoxy groups -OCH3 is 1. The van der Waals surface area contributed by atoms with Gasteiger partial charge in [0.2, 0.25) is 11.8 Å². The molecule has 7 heteroatoms. The highest BCUT2D eigenvalue weighted by molar-refractivity contribution is 6.00. The molecule has 0 aromatic heterocycles. The predicted octanol–water partition coefficient (Wildman–Crippen LogP) is 0.591. The van der Waals surface area contributed by atoms with Crippen LogP contribution < -0.4 is 9.64 Å². The first-order chi connectivity index (χ1) is 10.4. The Labute approximate surface area is 128 Å².